The molecule has 3 aromatic carbocycles. The van der Waals surface area contributed by atoms with Crippen molar-refractivity contribution in [1.29, 1.82) is 0 Å². The lowest BCUT2D eigenvalue weighted by Gasteiger charge is -2.26. The van der Waals surface area contributed by atoms with Gasteiger partial charge in [0, 0.05) is 18.6 Å². The van der Waals surface area contributed by atoms with Crippen molar-refractivity contribution in [2.24, 2.45) is 0 Å². The first kappa shape index (κ1) is 28.8. The number of methoxy groups -OCH3 is 2. The van der Waals surface area contributed by atoms with Crippen LogP contribution < -0.4 is 19.5 Å². The van der Waals surface area contributed by atoms with Crippen molar-refractivity contribution >= 4 is 11.9 Å². The smallest absolute Gasteiger partial charge is 0.326 e. The Morgan fingerprint density at radius 2 is 1.75 bits per heavy atom. The molecule has 3 aromatic rings. The molecular weight excluding hydrogens is 524 g/mol. The maximum atomic E-state index is 14.1. The number of carboxylic acid groups (broad SMARTS) is 1. The molecule has 0 saturated heterocycles. The van der Waals surface area contributed by atoms with E-state index in [9.17, 15) is 23.5 Å². The maximum absolute atomic E-state index is 14.1. The molecular formula is C30H31F2NO7. The van der Waals surface area contributed by atoms with E-state index in [1.807, 2.05) is 19.1 Å². The van der Waals surface area contributed by atoms with Crippen LogP contribution in [-0.4, -0.2) is 50.5 Å². The highest BCUT2D eigenvalue weighted by molar-refractivity contribution is 5.97. The molecule has 0 bridgehead atoms. The van der Waals surface area contributed by atoms with Gasteiger partial charge in [0.15, 0.2) is 0 Å². The van der Waals surface area contributed by atoms with Gasteiger partial charge >= 0.3 is 5.97 Å². The summed E-state index contributed by atoms with van der Waals surface area (Å²) >= 11 is 0. The molecule has 1 aliphatic rings. The van der Waals surface area contributed by atoms with Gasteiger partial charge in [-0.2, -0.15) is 0 Å². The Morgan fingerprint density at radius 1 is 1.07 bits per heavy atom. The maximum Gasteiger partial charge on any atom is 0.326 e. The number of ether oxygens (including phenoxy) is 4. The predicted molar refractivity (Wildman–Crippen MR) is 143 cm³/mol. The summed E-state index contributed by atoms with van der Waals surface area (Å²) in [6.07, 6.45) is 1.19. The van der Waals surface area contributed by atoms with Gasteiger partial charge in [0.1, 0.15) is 40.5 Å². The quantitative estimate of drug-likeness (QED) is 0.346. The summed E-state index contributed by atoms with van der Waals surface area (Å²) in [5.74, 6) is -2.96. The van der Waals surface area contributed by atoms with Crippen molar-refractivity contribution in [2.75, 3.05) is 27.4 Å². The van der Waals surface area contributed by atoms with Crippen LogP contribution in [0.25, 0.3) is 11.1 Å². The van der Waals surface area contributed by atoms with E-state index in [0.29, 0.717) is 66.6 Å². The largest absolute Gasteiger partial charge is 0.496 e. The molecule has 0 fully saturated rings. The lowest BCUT2D eigenvalue weighted by Crippen LogP contribution is -2.43. The Bertz CT molecular complexity index is 1360. The Morgan fingerprint density at radius 3 is 2.35 bits per heavy atom. The molecule has 0 spiro atoms. The van der Waals surface area contributed by atoms with E-state index in [1.54, 1.807) is 26.4 Å². The molecule has 10 heteroatoms. The number of nitrogens with one attached hydrogen (secondary N) is 1. The lowest BCUT2D eigenvalue weighted by atomic mass is 9.89. The number of aliphatic carboxylic acids is 1. The van der Waals surface area contributed by atoms with E-state index >= 15 is 0 Å². The third kappa shape index (κ3) is 6.02. The molecule has 2 N–H and O–H groups in total. The summed E-state index contributed by atoms with van der Waals surface area (Å²) in [7, 11) is 3.12. The van der Waals surface area contributed by atoms with E-state index in [0.717, 1.165) is 29.3 Å². The minimum Gasteiger partial charge on any atom is -0.496 e. The zero-order valence-corrected chi connectivity index (χ0v) is 22.5. The molecule has 40 heavy (non-hydrogen) atoms. The van der Waals surface area contributed by atoms with Gasteiger partial charge in [0.25, 0.3) is 5.91 Å². The molecule has 8 nitrogen and oxygen atoms in total. The average molecular weight is 556 g/mol. The summed E-state index contributed by atoms with van der Waals surface area (Å²) in [4.78, 5) is 24.7. The zero-order valence-electron chi connectivity index (χ0n) is 22.5. The highest BCUT2D eigenvalue weighted by Gasteiger charge is 2.29. The first-order valence-electron chi connectivity index (χ1n) is 12.9. The second-order valence-corrected chi connectivity index (χ2v) is 9.21. The molecule has 212 valence electrons. The molecule has 4 rings (SSSR count). The second-order valence-electron chi connectivity index (χ2n) is 9.21. The van der Waals surface area contributed by atoms with Crippen molar-refractivity contribution in [3.63, 3.8) is 0 Å². The van der Waals surface area contributed by atoms with Crippen LogP contribution in [0, 0.1) is 11.6 Å². The molecule has 1 heterocycles. The fourth-order valence-electron chi connectivity index (χ4n) is 4.82. The Balaban J connectivity index is 1.72. The average Bonchev–Trinajstić information content (AvgIpc) is 2.95. The number of carbonyl (C=O) groups excluding carboxylic acids is 1. The third-order valence-corrected chi connectivity index (χ3v) is 6.70. The van der Waals surface area contributed by atoms with Crippen molar-refractivity contribution < 1.29 is 42.4 Å². The van der Waals surface area contributed by atoms with Crippen LogP contribution in [0.3, 0.4) is 0 Å². The summed E-state index contributed by atoms with van der Waals surface area (Å²) in [5, 5.41) is 12.1. The molecule has 0 radical (unpaired) electrons. The number of rotatable bonds is 11. The van der Waals surface area contributed by atoms with Crippen LogP contribution in [0.15, 0.2) is 42.5 Å². The standard InChI is InChI=1S/C30H31F2NO7/c1-4-39-16-17-13-24(37-2)26(25(14-17)38-3)20-11-10-18(19-7-6-12-40-28(19)20)15-23(30(35)36)33-29(34)27-21(31)8-5-9-22(27)32/h5,8-11,13-14,23H,4,6-7,12,15-16H2,1-3H3,(H,33,34)(H,35,36). The summed E-state index contributed by atoms with van der Waals surface area (Å²) in [6.45, 7) is 3.31. The zero-order chi connectivity index (χ0) is 28.8. The summed E-state index contributed by atoms with van der Waals surface area (Å²) in [6, 6.07) is 8.85. The number of carbonyl (C=O) groups is 2. The summed E-state index contributed by atoms with van der Waals surface area (Å²) in [5.41, 5.74) is 2.83. The van der Waals surface area contributed by atoms with E-state index in [1.165, 1.54) is 0 Å². The number of amides is 1. The van der Waals surface area contributed by atoms with E-state index in [2.05, 4.69) is 5.32 Å². The SMILES string of the molecule is CCOCc1cc(OC)c(-c2ccc(CC(NC(=O)c3c(F)cccc3F)C(=O)O)c3c2OCCC3)c(OC)c1. The molecule has 1 atom stereocenters. The van der Waals surface area contributed by atoms with Gasteiger partial charge in [-0.25, -0.2) is 13.6 Å². The van der Waals surface area contributed by atoms with Crippen LogP contribution in [0.4, 0.5) is 8.78 Å². The molecule has 1 amide bonds. The van der Waals surface area contributed by atoms with Gasteiger partial charge in [-0.3, -0.25) is 4.79 Å². The van der Waals surface area contributed by atoms with Gasteiger partial charge in [0.05, 0.1) is 33.0 Å². The van der Waals surface area contributed by atoms with Gasteiger partial charge in [0.2, 0.25) is 0 Å². The van der Waals surface area contributed by atoms with Crippen LogP contribution in [0.5, 0.6) is 17.2 Å². The topological polar surface area (TPSA) is 103 Å². The van der Waals surface area contributed by atoms with E-state index in [-0.39, 0.29) is 6.42 Å². The molecule has 1 unspecified atom stereocenters. The van der Waals surface area contributed by atoms with E-state index in [4.69, 9.17) is 18.9 Å². The molecule has 0 saturated carbocycles. The second kappa shape index (κ2) is 12.8. The van der Waals surface area contributed by atoms with Crippen LogP contribution in [0.2, 0.25) is 0 Å². The van der Waals surface area contributed by atoms with Crippen LogP contribution in [0.1, 0.15) is 40.4 Å². The van der Waals surface area contributed by atoms with Crippen molar-refractivity contribution in [2.45, 2.75) is 38.8 Å². The first-order chi connectivity index (χ1) is 19.3. The predicted octanol–water partition coefficient (Wildman–Crippen LogP) is 4.94. The number of hydrogen-bond donors (Lipinski definition) is 2. The van der Waals surface area contributed by atoms with Crippen molar-refractivity contribution in [3.8, 4) is 28.4 Å². The number of carboxylic acids is 1. The van der Waals surface area contributed by atoms with Crippen LogP contribution >= 0.6 is 0 Å². The molecule has 0 aromatic heterocycles. The Labute approximate surface area is 230 Å². The van der Waals surface area contributed by atoms with E-state index < -0.39 is 35.1 Å². The van der Waals surface area contributed by atoms with Crippen molar-refractivity contribution in [1.82, 2.24) is 5.32 Å². The monoisotopic (exact) mass is 555 g/mol. The van der Waals surface area contributed by atoms with Gasteiger partial charge < -0.3 is 29.4 Å². The highest BCUT2D eigenvalue weighted by Crippen LogP contribution is 2.47. The molecule has 1 aliphatic heterocycles. The summed E-state index contributed by atoms with van der Waals surface area (Å²) < 4.78 is 51.3. The minimum absolute atomic E-state index is 0.120. The fraction of sp³-hybridized carbons (Fsp3) is 0.333. The van der Waals surface area contributed by atoms with Crippen molar-refractivity contribution in [3.05, 3.63) is 76.4 Å². The Hall–Kier alpha value is -4.18. The molecule has 0 aliphatic carbocycles. The number of fused-ring (bicyclic) bond motifs is 1. The minimum atomic E-state index is -1.44. The highest BCUT2D eigenvalue weighted by atomic mass is 19.1. The number of hydrogen-bond acceptors (Lipinski definition) is 6. The number of halogens is 2. The van der Waals surface area contributed by atoms with Gasteiger partial charge in [-0.05, 0) is 60.7 Å². The van der Waals surface area contributed by atoms with Gasteiger partial charge in [-0.15, -0.1) is 0 Å². The Kier molecular flexibility index (Phi) is 9.21. The number of benzene rings is 3. The van der Waals surface area contributed by atoms with Gasteiger partial charge in [-0.1, -0.05) is 18.2 Å². The third-order valence-electron chi connectivity index (χ3n) is 6.70. The van der Waals surface area contributed by atoms with Crippen LogP contribution in [-0.2, 0) is 29.0 Å². The first-order valence-corrected chi connectivity index (χ1v) is 12.9. The fourth-order valence-corrected chi connectivity index (χ4v) is 4.82. The lowest BCUT2D eigenvalue weighted by molar-refractivity contribution is -0.139. The normalized spacial score (nSPS) is 13.1.